The maximum Gasteiger partial charge on any atom is 0.416 e. The standard InChI is InChI=1S/C25H26F3N5O3/c1-14(2)21(22(34)30-12-15-7-6-10-29-11-15)33-13-18-19(23(33)35)20(31-24(36)32(18)3)16-8-4-5-9-17(16)25(26,27)28/h4-11,14,20-21H,12-13H2,1-3H3,(H,30,34)(H,31,36)/t20-,21-/m1/s1. The summed E-state index contributed by atoms with van der Waals surface area (Å²) in [7, 11) is 1.44. The van der Waals surface area contributed by atoms with E-state index in [9.17, 15) is 27.6 Å². The Morgan fingerprint density at radius 1 is 1.19 bits per heavy atom. The zero-order chi connectivity index (χ0) is 26.2. The molecule has 2 atom stereocenters. The molecule has 0 radical (unpaired) electrons. The Hall–Kier alpha value is -3.89. The van der Waals surface area contributed by atoms with E-state index in [0.29, 0.717) is 0 Å². The number of benzene rings is 1. The van der Waals surface area contributed by atoms with Crippen molar-refractivity contribution in [2.24, 2.45) is 5.92 Å². The molecule has 0 unspecified atom stereocenters. The van der Waals surface area contributed by atoms with Crippen LogP contribution in [0.3, 0.4) is 0 Å². The highest BCUT2D eigenvalue weighted by Crippen LogP contribution is 2.42. The van der Waals surface area contributed by atoms with E-state index in [-0.39, 0.29) is 35.8 Å². The molecule has 4 rings (SSSR count). The minimum atomic E-state index is -4.68. The molecule has 1 aromatic heterocycles. The van der Waals surface area contributed by atoms with E-state index in [1.807, 2.05) is 0 Å². The number of nitrogens with one attached hydrogen (secondary N) is 2. The van der Waals surface area contributed by atoms with Crippen LogP contribution in [0, 0.1) is 5.92 Å². The molecule has 1 aromatic carbocycles. The summed E-state index contributed by atoms with van der Waals surface area (Å²) < 4.78 is 41.3. The summed E-state index contributed by atoms with van der Waals surface area (Å²) in [5.41, 5.74) is -0.0864. The number of halogens is 3. The highest BCUT2D eigenvalue weighted by molar-refractivity contribution is 6.03. The number of alkyl halides is 3. The van der Waals surface area contributed by atoms with Crippen molar-refractivity contribution in [3.8, 4) is 0 Å². The Morgan fingerprint density at radius 3 is 2.56 bits per heavy atom. The fourth-order valence-electron chi connectivity index (χ4n) is 4.65. The molecule has 190 valence electrons. The van der Waals surface area contributed by atoms with Crippen LogP contribution in [0.4, 0.5) is 18.0 Å². The third-order valence-corrected chi connectivity index (χ3v) is 6.39. The molecule has 11 heteroatoms. The van der Waals surface area contributed by atoms with E-state index >= 15 is 0 Å². The lowest BCUT2D eigenvalue weighted by Gasteiger charge is -2.32. The highest BCUT2D eigenvalue weighted by atomic mass is 19.4. The summed E-state index contributed by atoms with van der Waals surface area (Å²) in [6, 6.07) is 5.55. The monoisotopic (exact) mass is 501 g/mol. The fourth-order valence-corrected chi connectivity index (χ4v) is 4.65. The summed E-state index contributed by atoms with van der Waals surface area (Å²) in [5.74, 6) is -1.30. The molecule has 0 saturated heterocycles. The van der Waals surface area contributed by atoms with Crippen LogP contribution in [0.5, 0.6) is 0 Å². The molecule has 0 bridgehead atoms. The second-order valence-electron chi connectivity index (χ2n) is 9.09. The van der Waals surface area contributed by atoms with Gasteiger partial charge in [0.15, 0.2) is 0 Å². The van der Waals surface area contributed by atoms with Gasteiger partial charge >= 0.3 is 12.2 Å². The summed E-state index contributed by atoms with van der Waals surface area (Å²) in [5, 5.41) is 5.35. The summed E-state index contributed by atoms with van der Waals surface area (Å²) in [6.07, 6.45) is -1.46. The predicted octanol–water partition coefficient (Wildman–Crippen LogP) is 3.23. The van der Waals surface area contributed by atoms with Gasteiger partial charge in [-0.2, -0.15) is 13.2 Å². The van der Waals surface area contributed by atoms with Crippen molar-refractivity contribution in [1.29, 1.82) is 0 Å². The first kappa shape index (κ1) is 25.2. The smallest absolute Gasteiger partial charge is 0.350 e. The molecule has 2 aromatic rings. The van der Waals surface area contributed by atoms with Gasteiger partial charge in [-0.25, -0.2) is 4.79 Å². The molecule has 0 fully saturated rings. The maximum atomic E-state index is 13.8. The SMILES string of the molecule is CC(C)[C@H](C(=O)NCc1cccnc1)N1CC2=C(C1=O)[C@@H](c1ccccc1C(F)(F)F)NC(=O)N2C. The number of nitrogens with zero attached hydrogens (tertiary/aromatic N) is 3. The average molecular weight is 502 g/mol. The molecule has 0 aliphatic carbocycles. The third-order valence-electron chi connectivity index (χ3n) is 6.39. The van der Waals surface area contributed by atoms with E-state index in [1.54, 1.807) is 38.4 Å². The van der Waals surface area contributed by atoms with E-state index in [2.05, 4.69) is 15.6 Å². The van der Waals surface area contributed by atoms with Crippen molar-refractivity contribution in [2.45, 2.75) is 38.7 Å². The van der Waals surface area contributed by atoms with E-state index < -0.39 is 41.7 Å². The van der Waals surface area contributed by atoms with Gasteiger partial charge in [-0.15, -0.1) is 0 Å². The summed E-state index contributed by atoms with van der Waals surface area (Å²) in [4.78, 5) is 46.1. The molecule has 2 aliphatic heterocycles. The van der Waals surface area contributed by atoms with Crippen LogP contribution in [-0.2, 0) is 22.3 Å². The van der Waals surface area contributed by atoms with Gasteiger partial charge < -0.3 is 15.5 Å². The van der Waals surface area contributed by atoms with Crippen molar-refractivity contribution in [2.75, 3.05) is 13.6 Å². The number of hydrogen-bond donors (Lipinski definition) is 2. The quantitative estimate of drug-likeness (QED) is 0.636. The lowest BCUT2D eigenvalue weighted by atomic mass is 9.91. The number of aromatic nitrogens is 1. The van der Waals surface area contributed by atoms with E-state index in [0.717, 1.165) is 11.6 Å². The number of hydrogen-bond acceptors (Lipinski definition) is 4. The molecular formula is C25H26F3N5O3. The molecule has 3 heterocycles. The number of carbonyl (C=O) groups is 3. The van der Waals surface area contributed by atoms with Gasteiger partial charge in [0.05, 0.1) is 29.4 Å². The van der Waals surface area contributed by atoms with Crippen LogP contribution in [-0.4, -0.2) is 52.3 Å². The van der Waals surface area contributed by atoms with E-state index in [1.165, 1.54) is 35.0 Å². The van der Waals surface area contributed by atoms with Crippen LogP contribution >= 0.6 is 0 Å². The molecule has 0 saturated carbocycles. The van der Waals surface area contributed by atoms with Crippen molar-refractivity contribution in [1.82, 2.24) is 25.4 Å². The van der Waals surface area contributed by atoms with Gasteiger partial charge in [-0.3, -0.25) is 19.5 Å². The minimum absolute atomic E-state index is 0.0273. The van der Waals surface area contributed by atoms with Crippen molar-refractivity contribution in [3.05, 3.63) is 76.8 Å². The highest BCUT2D eigenvalue weighted by Gasteiger charge is 2.48. The number of pyridine rings is 1. The Balaban J connectivity index is 1.66. The topological polar surface area (TPSA) is 94.6 Å². The van der Waals surface area contributed by atoms with Crippen LogP contribution in [0.15, 0.2) is 60.1 Å². The molecule has 2 N–H and O–H groups in total. The van der Waals surface area contributed by atoms with Crippen LogP contribution in [0.25, 0.3) is 0 Å². The van der Waals surface area contributed by atoms with E-state index in [4.69, 9.17) is 0 Å². The van der Waals surface area contributed by atoms with Crippen LogP contribution < -0.4 is 10.6 Å². The number of carbonyl (C=O) groups excluding carboxylic acids is 3. The summed E-state index contributed by atoms with van der Waals surface area (Å²) >= 11 is 0. The fraction of sp³-hybridized carbons (Fsp3) is 0.360. The average Bonchev–Trinajstić information content (AvgIpc) is 3.17. The Morgan fingerprint density at radius 2 is 1.92 bits per heavy atom. The Labute approximate surface area is 206 Å². The maximum absolute atomic E-state index is 13.8. The largest absolute Gasteiger partial charge is 0.416 e. The van der Waals surface area contributed by atoms with Crippen LogP contribution in [0.2, 0.25) is 0 Å². The number of amides is 4. The van der Waals surface area contributed by atoms with Crippen molar-refractivity contribution >= 4 is 17.8 Å². The van der Waals surface area contributed by atoms with Gasteiger partial charge in [0, 0.05) is 26.0 Å². The Bertz CT molecular complexity index is 1210. The second-order valence-corrected chi connectivity index (χ2v) is 9.09. The molecule has 0 spiro atoms. The van der Waals surface area contributed by atoms with Gasteiger partial charge in [-0.1, -0.05) is 38.1 Å². The lowest BCUT2D eigenvalue weighted by Crippen LogP contribution is -2.51. The summed E-state index contributed by atoms with van der Waals surface area (Å²) in [6.45, 7) is 3.68. The van der Waals surface area contributed by atoms with Gasteiger partial charge in [0.2, 0.25) is 5.91 Å². The van der Waals surface area contributed by atoms with Crippen molar-refractivity contribution < 1.29 is 27.6 Å². The molecular weight excluding hydrogens is 475 g/mol. The third kappa shape index (κ3) is 4.65. The lowest BCUT2D eigenvalue weighted by molar-refractivity contribution is -0.139. The van der Waals surface area contributed by atoms with Gasteiger partial charge in [0.25, 0.3) is 5.91 Å². The van der Waals surface area contributed by atoms with Crippen molar-refractivity contribution in [3.63, 3.8) is 0 Å². The minimum Gasteiger partial charge on any atom is -0.350 e. The first-order valence-corrected chi connectivity index (χ1v) is 11.4. The second kappa shape index (κ2) is 9.63. The normalized spacial score (nSPS) is 18.9. The first-order valence-electron chi connectivity index (χ1n) is 11.4. The zero-order valence-electron chi connectivity index (χ0n) is 20.0. The molecule has 8 nitrogen and oxygen atoms in total. The molecule has 2 aliphatic rings. The Kier molecular flexibility index (Phi) is 6.75. The number of rotatable bonds is 6. The van der Waals surface area contributed by atoms with Gasteiger partial charge in [0.1, 0.15) is 6.04 Å². The molecule has 4 amide bonds. The zero-order valence-corrected chi connectivity index (χ0v) is 20.0. The number of likely N-dealkylation sites (N-methyl/N-ethyl adjacent to an activating group) is 1. The molecule has 36 heavy (non-hydrogen) atoms. The van der Waals surface area contributed by atoms with Gasteiger partial charge in [-0.05, 0) is 29.2 Å². The number of urea groups is 1. The van der Waals surface area contributed by atoms with Crippen LogP contribution in [0.1, 0.15) is 36.6 Å². The first-order chi connectivity index (χ1) is 17.0. The predicted molar refractivity (Wildman–Crippen MR) is 124 cm³/mol.